The second kappa shape index (κ2) is 6.23. The van der Waals surface area contributed by atoms with Crippen molar-refractivity contribution in [3.63, 3.8) is 0 Å². The van der Waals surface area contributed by atoms with Gasteiger partial charge in [0.05, 0.1) is 6.10 Å². The van der Waals surface area contributed by atoms with Crippen molar-refractivity contribution >= 4 is 21.9 Å². The van der Waals surface area contributed by atoms with Crippen molar-refractivity contribution in [1.82, 2.24) is 0 Å². The first kappa shape index (κ1) is 14.3. The predicted octanol–water partition coefficient (Wildman–Crippen LogP) is 2.62. The summed E-state index contributed by atoms with van der Waals surface area (Å²) in [5, 5.41) is 3.60. The van der Waals surface area contributed by atoms with E-state index in [2.05, 4.69) is 26.0 Å². The minimum atomic E-state index is -0.342. The van der Waals surface area contributed by atoms with Crippen LogP contribution in [-0.4, -0.2) is 29.7 Å². The lowest BCUT2D eigenvalue weighted by Crippen LogP contribution is -2.47. The van der Waals surface area contributed by atoms with Crippen LogP contribution in [0.5, 0.6) is 0 Å². The van der Waals surface area contributed by atoms with E-state index in [-0.39, 0.29) is 41.6 Å². The number of halogens is 1. The zero-order valence-electron chi connectivity index (χ0n) is 10.0. The van der Waals surface area contributed by atoms with Gasteiger partial charge in [-0.1, -0.05) is 34.9 Å². The van der Waals surface area contributed by atoms with Crippen LogP contribution in [0.1, 0.15) is 20.8 Å². The summed E-state index contributed by atoms with van der Waals surface area (Å²) in [5.41, 5.74) is 8.56. The standard InChI is InChI=1S/C10H16BrN3O3/c1-5-8(4-16-7(3)15)17-10(11)6(2)9(5)13-14-12/h5-6,8-10H,4H2,1-3H3/t5-,6?,8?,9-,10+/m0/s1. The lowest BCUT2D eigenvalue weighted by molar-refractivity contribution is -0.152. The van der Waals surface area contributed by atoms with Gasteiger partial charge in [-0.15, -0.1) is 0 Å². The molecule has 0 aromatic heterocycles. The van der Waals surface area contributed by atoms with E-state index < -0.39 is 0 Å². The molecule has 0 N–H and O–H groups in total. The zero-order valence-corrected chi connectivity index (χ0v) is 11.6. The molecule has 1 aliphatic heterocycles. The van der Waals surface area contributed by atoms with Crippen molar-refractivity contribution in [2.24, 2.45) is 17.0 Å². The normalized spacial score (nSPS) is 37.1. The molecule has 0 spiro atoms. The fraction of sp³-hybridized carbons (Fsp3) is 0.900. The van der Waals surface area contributed by atoms with Crippen molar-refractivity contribution in [1.29, 1.82) is 0 Å². The average molecular weight is 306 g/mol. The van der Waals surface area contributed by atoms with Crippen LogP contribution in [0.4, 0.5) is 0 Å². The molecule has 1 fully saturated rings. The third-order valence-electron chi connectivity index (χ3n) is 3.02. The molecule has 0 aromatic carbocycles. The van der Waals surface area contributed by atoms with Crippen molar-refractivity contribution in [2.45, 2.75) is 37.9 Å². The van der Waals surface area contributed by atoms with Crippen LogP contribution in [0.15, 0.2) is 5.11 Å². The highest BCUT2D eigenvalue weighted by Crippen LogP contribution is 2.35. The second-order valence-electron chi connectivity index (χ2n) is 4.24. The lowest BCUT2D eigenvalue weighted by atomic mass is 9.85. The molecule has 2 unspecified atom stereocenters. The molecule has 5 atom stereocenters. The number of carbonyl (C=O) groups is 1. The smallest absolute Gasteiger partial charge is 0.302 e. The molecule has 7 heteroatoms. The molecule has 0 bridgehead atoms. The third-order valence-corrected chi connectivity index (χ3v) is 4.07. The number of hydrogen-bond donors (Lipinski definition) is 0. The monoisotopic (exact) mass is 305 g/mol. The minimum absolute atomic E-state index is 0.00838. The van der Waals surface area contributed by atoms with Gasteiger partial charge in [0.25, 0.3) is 0 Å². The summed E-state index contributed by atoms with van der Waals surface area (Å²) in [6.45, 7) is 5.43. The van der Waals surface area contributed by atoms with Gasteiger partial charge in [-0.3, -0.25) is 4.79 Å². The van der Waals surface area contributed by atoms with Gasteiger partial charge in [0.1, 0.15) is 11.6 Å². The SMILES string of the molecule is CC(=O)OCC1O[C@@H](Br)C(C)[C@@H](N=[N+]=[N-])[C@H]1C. The molecular weight excluding hydrogens is 290 g/mol. The van der Waals surface area contributed by atoms with Crippen LogP contribution >= 0.6 is 15.9 Å². The van der Waals surface area contributed by atoms with Gasteiger partial charge >= 0.3 is 5.97 Å². The Bertz CT molecular complexity index is 333. The average Bonchev–Trinajstić information content (AvgIpc) is 2.27. The molecule has 0 saturated carbocycles. The molecule has 0 aliphatic carbocycles. The second-order valence-corrected chi connectivity index (χ2v) is 5.14. The first-order chi connectivity index (χ1) is 7.97. The maximum atomic E-state index is 10.8. The number of carbonyl (C=O) groups excluding carboxylic acids is 1. The third kappa shape index (κ3) is 3.59. The van der Waals surface area contributed by atoms with Crippen molar-refractivity contribution in [3.05, 3.63) is 10.4 Å². The molecule has 1 rings (SSSR count). The maximum absolute atomic E-state index is 10.8. The Labute approximate surface area is 108 Å². The van der Waals surface area contributed by atoms with E-state index in [1.165, 1.54) is 6.92 Å². The van der Waals surface area contributed by atoms with E-state index in [4.69, 9.17) is 15.0 Å². The first-order valence-corrected chi connectivity index (χ1v) is 6.36. The van der Waals surface area contributed by atoms with Gasteiger partial charge in [-0.05, 0) is 11.4 Å². The summed E-state index contributed by atoms with van der Waals surface area (Å²) in [5.74, 6) is -0.255. The van der Waals surface area contributed by atoms with Gasteiger partial charge < -0.3 is 9.47 Å². The first-order valence-electron chi connectivity index (χ1n) is 5.44. The van der Waals surface area contributed by atoms with Gasteiger partial charge in [0.15, 0.2) is 0 Å². The van der Waals surface area contributed by atoms with E-state index in [1.807, 2.05) is 13.8 Å². The van der Waals surface area contributed by atoms with Gasteiger partial charge in [-0.25, -0.2) is 0 Å². The number of ether oxygens (including phenoxy) is 2. The molecule has 96 valence electrons. The Morgan fingerprint density at radius 2 is 2.18 bits per heavy atom. The lowest BCUT2D eigenvalue weighted by Gasteiger charge is -2.40. The zero-order chi connectivity index (χ0) is 13.0. The van der Waals surface area contributed by atoms with Crippen molar-refractivity contribution < 1.29 is 14.3 Å². The number of nitrogens with zero attached hydrogens (tertiary/aromatic N) is 3. The number of alkyl halides is 1. The summed E-state index contributed by atoms with van der Waals surface area (Å²) < 4.78 is 10.6. The number of hydrogen-bond acceptors (Lipinski definition) is 4. The molecule has 0 aromatic rings. The van der Waals surface area contributed by atoms with E-state index in [0.717, 1.165) is 0 Å². The topological polar surface area (TPSA) is 84.3 Å². The molecule has 0 radical (unpaired) electrons. The van der Waals surface area contributed by atoms with Gasteiger partial charge in [-0.2, -0.15) is 0 Å². The molecule has 6 nitrogen and oxygen atoms in total. The molecular formula is C10H16BrN3O3. The predicted molar refractivity (Wildman–Crippen MR) is 65.5 cm³/mol. The highest BCUT2D eigenvalue weighted by molar-refractivity contribution is 9.09. The highest BCUT2D eigenvalue weighted by atomic mass is 79.9. The Morgan fingerprint density at radius 3 is 2.71 bits per heavy atom. The van der Waals surface area contributed by atoms with Crippen molar-refractivity contribution in [3.8, 4) is 0 Å². The quantitative estimate of drug-likeness (QED) is 0.264. The van der Waals surface area contributed by atoms with E-state index in [0.29, 0.717) is 0 Å². The number of azide groups is 1. The fourth-order valence-electron chi connectivity index (χ4n) is 1.93. The number of rotatable bonds is 3. The van der Waals surface area contributed by atoms with Crippen LogP contribution in [-0.2, 0) is 14.3 Å². The summed E-state index contributed by atoms with van der Waals surface area (Å²) in [6, 6.07) is -0.168. The van der Waals surface area contributed by atoms with Crippen LogP contribution in [0, 0.1) is 11.8 Å². The van der Waals surface area contributed by atoms with E-state index in [9.17, 15) is 4.79 Å². The summed E-state index contributed by atoms with van der Waals surface area (Å²) >= 11 is 3.39. The molecule has 1 saturated heterocycles. The Kier molecular flexibility index (Phi) is 5.24. The highest BCUT2D eigenvalue weighted by Gasteiger charge is 2.40. The molecule has 1 aliphatic rings. The fourth-order valence-corrected chi connectivity index (χ4v) is 2.52. The van der Waals surface area contributed by atoms with E-state index >= 15 is 0 Å². The van der Waals surface area contributed by atoms with Crippen LogP contribution in [0.2, 0.25) is 0 Å². The summed E-state index contributed by atoms with van der Waals surface area (Å²) in [4.78, 5) is 13.6. The van der Waals surface area contributed by atoms with Crippen LogP contribution < -0.4 is 0 Å². The van der Waals surface area contributed by atoms with Gasteiger partial charge in [0, 0.05) is 23.8 Å². The van der Waals surface area contributed by atoms with Crippen LogP contribution in [0.25, 0.3) is 10.4 Å². The minimum Gasteiger partial charge on any atom is -0.463 e. The molecule has 0 amide bonds. The van der Waals surface area contributed by atoms with E-state index in [1.54, 1.807) is 0 Å². The molecule has 1 heterocycles. The number of esters is 1. The Balaban J connectivity index is 2.73. The maximum Gasteiger partial charge on any atom is 0.302 e. The van der Waals surface area contributed by atoms with Crippen LogP contribution in [0.3, 0.4) is 0 Å². The molecule has 17 heavy (non-hydrogen) atoms. The van der Waals surface area contributed by atoms with Crippen molar-refractivity contribution in [2.75, 3.05) is 6.61 Å². The Hall–Kier alpha value is -0.780. The van der Waals surface area contributed by atoms with Gasteiger partial charge in [0.2, 0.25) is 0 Å². The Morgan fingerprint density at radius 1 is 1.53 bits per heavy atom. The summed E-state index contributed by atoms with van der Waals surface area (Å²) in [6.07, 6.45) is -0.255. The largest absolute Gasteiger partial charge is 0.463 e. The summed E-state index contributed by atoms with van der Waals surface area (Å²) in [7, 11) is 0.